The summed E-state index contributed by atoms with van der Waals surface area (Å²) in [6, 6.07) is 10.6. The molecule has 0 saturated carbocycles. The summed E-state index contributed by atoms with van der Waals surface area (Å²) in [5.74, 6) is -0.830. The Labute approximate surface area is 127 Å². The molecular weight excluding hydrogens is 286 g/mol. The van der Waals surface area contributed by atoms with E-state index in [1.54, 1.807) is 24.3 Å². The van der Waals surface area contributed by atoms with E-state index in [0.29, 0.717) is 5.56 Å². The summed E-state index contributed by atoms with van der Waals surface area (Å²) in [4.78, 5) is 24.1. The van der Waals surface area contributed by atoms with E-state index in [9.17, 15) is 20.0 Å². The first-order chi connectivity index (χ1) is 10.4. The average Bonchev–Trinajstić information content (AvgIpc) is 2.49. The van der Waals surface area contributed by atoms with Crippen molar-refractivity contribution >= 4 is 23.0 Å². The zero-order valence-corrected chi connectivity index (χ0v) is 12.1. The highest BCUT2D eigenvalue weighted by Crippen LogP contribution is 2.28. The maximum atomic E-state index is 12.1. The molecule has 0 heterocycles. The summed E-state index contributed by atoms with van der Waals surface area (Å²) in [6.07, 6.45) is 0. The molecule has 1 amide bonds. The lowest BCUT2D eigenvalue weighted by atomic mass is 10.1. The highest BCUT2D eigenvalue weighted by Gasteiger charge is 2.15. The van der Waals surface area contributed by atoms with Crippen LogP contribution in [0.5, 0.6) is 5.75 Å². The van der Waals surface area contributed by atoms with Crippen molar-refractivity contribution in [1.29, 1.82) is 0 Å². The Kier molecular flexibility index (Phi) is 4.26. The smallest absolute Gasteiger partial charge is 0.312 e. The number of hydrogen-bond donors (Lipinski definition) is 2. The lowest BCUT2D eigenvalue weighted by Crippen LogP contribution is -2.13. The topological polar surface area (TPSA) is 95.7 Å². The van der Waals surface area contributed by atoms with Crippen LogP contribution < -0.4 is 10.2 Å². The Hall–Kier alpha value is -3.09. The third-order valence-corrected chi connectivity index (χ3v) is 3.08. The normalized spacial score (nSPS) is 10.1. The van der Waals surface area contributed by atoms with Gasteiger partial charge in [0.1, 0.15) is 0 Å². The molecule has 0 aliphatic rings. The third-order valence-electron chi connectivity index (χ3n) is 3.08. The van der Waals surface area contributed by atoms with Crippen molar-refractivity contribution in [3.63, 3.8) is 0 Å². The molecule has 2 aromatic carbocycles. The molecule has 0 aliphatic carbocycles. The van der Waals surface area contributed by atoms with Gasteiger partial charge in [-0.3, -0.25) is 14.9 Å². The Morgan fingerprint density at radius 1 is 1.18 bits per heavy atom. The van der Waals surface area contributed by atoms with Crippen LogP contribution in [0, 0.1) is 10.1 Å². The Balaban J connectivity index is 2.18. The molecule has 0 unspecified atom stereocenters. The number of nitrogens with zero attached hydrogens (tertiary/aromatic N) is 2. The summed E-state index contributed by atoms with van der Waals surface area (Å²) < 4.78 is 0. The third kappa shape index (κ3) is 3.32. The highest BCUT2D eigenvalue weighted by atomic mass is 16.6. The van der Waals surface area contributed by atoms with Gasteiger partial charge < -0.3 is 15.3 Å². The molecule has 0 fully saturated rings. The lowest BCUT2D eigenvalue weighted by molar-refractivity contribution is -0.385. The van der Waals surface area contributed by atoms with E-state index < -0.39 is 16.4 Å². The second kappa shape index (κ2) is 6.13. The largest absolute Gasteiger partial charge is 0.502 e. The molecule has 0 bridgehead atoms. The number of nitro benzene ring substituents is 1. The predicted octanol–water partition coefficient (Wildman–Crippen LogP) is 2.62. The van der Waals surface area contributed by atoms with Gasteiger partial charge in [0.05, 0.1) is 4.92 Å². The van der Waals surface area contributed by atoms with Crippen molar-refractivity contribution in [2.24, 2.45) is 0 Å². The minimum absolute atomic E-state index is 0.242. The van der Waals surface area contributed by atoms with E-state index in [1.807, 2.05) is 19.0 Å². The van der Waals surface area contributed by atoms with Gasteiger partial charge in [-0.2, -0.15) is 0 Å². The summed E-state index contributed by atoms with van der Waals surface area (Å²) in [5, 5.41) is 22.7. The number of benzene rings is 2. The van der Waals surface area contributed by atoms with E-state index in [-0.39, 0.29) is 11.6 Å². The van der Waals surface area contributed by atoms with Crippen LogP contribution >= 0.6 is 0 Å². The van der Waals surface area contributed by atoms with Crippen LogP contribution in [0.1, 0.15) is 10.4 Å². The molecule has 7 nitrogen and oxygen atoms in total. The fraction of sp³-hybridized carbons (Fsp3) is 0.133. The van der Waals surface area contributed by atoms with Crippen LogP contribution in [0.2, 0.25) is 0 Å². The second-order valence-electron chi connectivity index (χ2n) is 4.86. The summed E-state index contributed by atoms with van der Waals surface area (Å²) in [6.45, 7) is 0. The minimum atomic E-state index is -0.711. The van der Waals surface area contributed by atoms with Gasteiger partial charge in [-0.1, -0.05) is 0 Å². The van der Waals surface area contributed by atoms with Crippen LogP contribution in [0.15, 0.2) is 42.5 Å². The van der Waals surface area contributed by atoms with Gasteiger partial charge in [-0.15, -0.1) is 0 Å². The number of amides is 1. The van der Waals surface area contributed by atoms with Gasteiger partial charge in [0.25, 0.3) is 5.91 Å². The summed E-state index contributed by atoms with van der Waals surface area (Å²) in [5.41, 5.74) is 1.17. The SMILES string of the molecule is CN(C)c1ccc(C(=O)Nc2ccc(O)c([N+](=O)[O-])c2)cc1. The zero-order valence-electron chi connectivity index (χ0n) is 12.1. The van der Waals surface area contributed by atoms with Crippen molar-refractivity contribution in [3.8, 4) is 5.75 Å². The molecule has 0 spiro atoms. The first kappa shape index (κ1) is 15.3. The maximum Gasteiger partial charge on any atom is 0.312 e. The van der Waals surface area contributed by atoms with E-state index in [2.05, 4.69) is 5.32 Å². The number of anilines is 2. The van der Waals surface area contributed by atoms with Crippen LogP contribution in [0.3, 0.4) is 0 Å². The number of hydrogen-bond acceptors (Lipinski definition) is 5. The molecule has 22 heavy (non-hydrogen) atoms. The van der Waals surface area contributed by atoms with E-state index in [4.69, 9.17) is 0 Å². The first-order valence-electron chi connectivity index (χ1n) is 6.44. The first-order valence-corrected chi connectivity index (χ1v) is 6.44. The van der Waals surface area contributed by atoms with Crippen molar-refractivity contribution in [1.82, 2.24) is 0 Å². The Morgan fingerprint density at radius 2 is 1.82 bits per heavy atom. The number of phenolic OH excluding ortho intramolecular Hbond substituents is 1. The Bertz CT molecular complexity index is 711. The molecule has 7 heteroatoms. The van der Waals surface area contributed by atoms with E-state index in [0.717, 1.165) is 11.8 Å². The molecule has 0 radical (unpaired) electrons. The second-order valence-corrected chi connectivity index (χ2v) is 4.86. The van der Waals surface area contributed by atoms with Crippen molar-refractivity contribution < 1.29 is 14.8 Å². The maximum absolute atomic E-state index is 12.1. The molecule has 0 aromatic heterocycles. The van der Waals surface area contributed by atoms with Gasteiger partial charge in [0, 0.05) is 37.1 Å². The van der Waals surface area contributed by atoms with Gasteiger partial charge in [-0.25, -0.2) is 0 Å². The summed E-state index contributed by atoms with van der Waals surface area (Å²) >= 11 is 0. The number of rotatable bonds is 4. The molecule has 0 aliphatic heterocycles. The molecule has 2 N–H and O–H groups in total. The molecular formula is C15H15N3O4. The zero-order chi connectivity index (χ0) is 16.3. The van der Waals surface area contributed by atoms with Crippen molar-refractivity contribution in [2.75, 3.05) is 24.3 Å². The monoisotopic (exact) mass is 301 g/mol. The number of aromatic hydroxyl groups is 1. The minimum Gasteiger partial charge on any atom is -0.502 e. The molecule has 0 saturated heterocycles. The van der Waals surface area contributed by atoms with Crippen molar-refractivity contribution in [3.05, 3.63) is 58.1 Å². The number of nitro groups is 1. The van der Waals surface area contributed by atoms with Gasteiger partial charge in [-0.05, 0) is 36.4 Å². The van der Waals surface area contributed by atoms with Crippen molar-refractivity contribution in [2.45, 2.75) is 0 Å². The highest BCUT2D eigenvalue weighted by molar-refractivity contribution is 6.04. The standard InChI is InChI=1S/C15H15N3O4/c1-17(2)12-6-3-10(4-7-12)15(20)16-11-5-8-14(19)13(9-11)18(21)22/h3-9,19H,1-2H3,(H,16,20). The number of phenols is 1. The Morgan fingerprint density at radius 3 is 2.36 bits per heavy atom. The van der Waals surface area contributed by atoms with Crippen LogP contribution in [-0.2, 0) is 0 Å². The van der Waals surface area contributed by atoms with Crippen LogP contribution in [0.25, 0.3) is 0 Å². The van der Waals surface area contributed by atoms with E-state index >= 15 is 0 Å². The molecule has 2 rings (SSSR count). The average molecular weight is 301 g/mol. The van der Waals surface area contributed by atoms with Gasteiger partial charge in [0.2, 0.25) is 0 Å². The van der Waals surface area contributed by atoms with Crippen LogP contribution in [-0.4, -0.2) is 30.0 Å². The molecule has 0 atom stereocenters. The quantitative estimate of drug-likeness (QED) is 0.514. The summed E-state index contributed by atoms with van der Waals surface area (Å²) in [7, 11) is 3.79. The molecule has 2 aromatic rings. The lowest BCUT2D eigenvalue weighted by Gasteiger charge is -2.12. The molecule has 114 valence electrons. The number of carbonyl (C=O) groups excluding carboxylic acids is 1. The fourth-order valence-corrected chi connectivity index (χ4v) is 1.86. The van der Waals surface area contributed by atoms with Gasteiger partial charge in [0.15, 0.2) is 5.75 Å². The van der Waals surface area contributed by atoms with Crippen LogP contribution in [0.4, 0.5) is 17.1 Å². The predicted molar refractivity (Wildman–Crippen MR) is 83.5 cm³/mol. The number of nitrogens with one attached hydrogen (secondary N) is 1. The van der Waals surface area contributed by atoms with Gasteiger partial charge >= 0.3 is 5.69 Å². The number of carbonyl (C=O) groups is 1. The van der Waals surface area contributed by atoms with E-state index in [1.165, 1.54) is 12.1 Å². The fourth-order valence-electron chi connectivity index (χ4n) is 1.86.